The normalized spacial score (nSPS) is 14.0. The van der Waals surface area contributed by atoms with Crippen molar-refractivity contribution < 1.29 is 42.9 Å². The Bertz CT molecular complexity index is 1220. The number of ether oxygens (including phenoxy) is 4. The van der Waals surface area contributed by atoms with Crippen LogP contribution in [-0.2, 0) is 33.3 Å². The molecule has 0 heterocycles. The van der Waals surface area contributed by atoms with Crippen LogP contribution in [0.15, 0.2) is 97.2 Å². The van der Waals surface area contributed by atoms with Gasteiger partial charge in [0, 0.05) is 6.42 Å². The molecular formula is C46H73NO8. The van der Waals surface area contributed by atoms with E-state index in [4.69, 9.17) is 18.9 Å². The van der Waals surface area contributed by atoms with Gasteiger partial charge in [-0.2, -0.15) is 0 Å². The molecule has 2 unspecified atom stereocenters. The van der Waals surface area contributed by atoms with Crippen LogP contribution in [0.4, 0.5) is 0 Å². The predicted octanol–water partition coefficient (Wildman–Crippen LogP) is 8.99. The molecule has 0 rings (SSSR count). The van der Waals surface area contributed by atoms with Crippen LogP contribution in [-0.4, -0.2) is 82.3 Å². The lowest BCUT2D eigenvalue weighted by Crippen LogP contribution is -2.44. The second-order valence-corrected chi connectivity index (χ2v) is 14.2. The minimum Gasteiger partial charge on any atom is -0.545 e. The molecule has 0 saturated heterocycles. The van der Waals surface area contributed by atoms with Gasteiger partial charge in [0.05, 0.1) is 46.7 Å². The highest BCUT2D eigenvalue weighted by molar-refractivity contribution is 5.71. The van der Waals surface area contributed by atoms with E-state index in [2.05, 4.69) is 92.8 Å². The number of carboxylic acids is 1. The Morgan fingerprint density at radius 1 is 0.564 bits per heavy atom. The van der Waals surface area contributed by atoms with Crippen molar-refractivity contribution in [3.8, 4) is 0 Å². The number of hydrogen-bond acceptors (Lipinski definition) is 8. The summed E-state index contributed by atoms with van der Waals surface area (Å²) in [5.74, 6) is -2.50. The summed E-state index contributed by atoms with van der Waals surface area (Å²) in [6.07, 6.45) is 44.7. The standard InChI is InChI=1S/C46H73NO8/c1-6-8-10-12-14-16-18-20-22-24-26-28-30-32-34-36-43(48)53-40-42(41-54-46(45(50)51)52-39-38-47(3,4)5)55-44(49)37-35-33-31-29-27-25-23-21-19-17-15-13-11-9-7-2/h8-11,14-17,20-23,27,29,33,35,42,46H,6-7,12-13,18-19,24-26,28,30-32,34,36-41H2,1-5H3/b10-8-,11-9-,16-14-,17-15-,22-20-,23-21-,29-27-,35-33-. The van der Waals surface area contributed by atoms with Crippen LogP contribution >= 0.6 is 0 Å². The maximum absolute atomic E-state index is 12.6. The highest BCUT2D eigenvalue weighted by Crippen LogP contribution is 2.10. The van der Waals surface area contributed by atoms with Gasteiger partial charge in [-0.25, -0.2) is 0 Å². The van der Waals surface area contributed by atoms with Gasteiger partial charge < -0.3 is 33.3 Å². The first-order valence-corrected chi connectivity index (χ1v) is 20.4. The van der Waals surface area contributed by atoms with Crippen molar-refractivity contribution in [3.63, 3.8) is 0 Å². The number of hydrogen-bond donors (Lipinski definition) is 0. The average Bonchev–Trinajstić information content (AvgIpc) is 3.14. The molecule has 0 aromatic heterocycles. The molecule has 0 aliphatic carbocycles. The van der Waals surface area contributed by atoms with E-state index in [-0.39, 0.29) is 32.7 Å². The summed E-state index contributed by atoms with van der Waals surface area (Å²) >= 11 is 0. The van der Waals surface area contributed by atoms with Gasteiger partial charge in [0.25, 0.3) is 0 Å². The van der Waals surface area contributed by atoms with Crippen molar-refractivity contribution in [2.45, 2.75) is 129 Å². The Morgan fingerprint density at radius 3 is 1.55 bits per heavy atom. The van der Waals surface area contributed by atoms with E-state index in [0.717, 1.165) is 77.0 Å². The number of carbonyl (C=O) groups excluding carboxylic acids is 3. The summed E-state index contributed by atoms with van der Waals surface area (Å²) in [6.45, 7) is 4.33. The van der Waals surface area contributed by atoms with Crippen LogP contribution in [0, 0.1) is 0 Å². The van der Waals surface area contributed by atoms with Crippen LogP contribution in [0.3, 0.4) is 0 Å². The third-order valence-electron chi connectivity index (χ3n) is 7.86. The summed E-state index contributed by atoms with van der Waals surface area (Å²) in [4.78, 5) is 36.8. The highest BCUT2D eigenvalue weighted by Gasteiger charge is 2.21. The molecule has 0 N–H and O–H groups in total. The molecule has 0 saturated carbocycles. The minimum absolute atomic E-state index is 0.00562. The number of rotatable bonds is 35. The van der Waals surface area contributed by atoms with Gasteiger partial charge >= 0.3 is 11.9 Å². The lowest BCUT2D eigenvalue weighted by molar-refractivity contribution is -0.870. The van der Waals surface area contributed by atoms with E-state index in [1.807, 2.05) is 33.3 Å². The second kappa shape index (κ2) is 37.1. The van der Waals surface area contributed by atoms with E-state index in [1.54, 1.807) is 6.08 Å². The number of allylic oxidation sites excluding steroid dienone is 15. The van der Waals surface area contributed by atoms with Crippen LogP contribution in [0.1, 0.15) is 117 Å². The number of carbonyl (C=O) groups is 3. The first-order chi connectivity index (χ1) is 26.6. The molecule has 0 radical (unpaired) electrons. The molecule has 55 heavy (non-hydrogen) atoms. The van der Waals surface area contributed by atoms with Gasteiger partial charge in [-0.1, -0.05) is 130 Å². The van der Waals surface area contributed by atoms with Crippen LogP contribution < -0.4 is 5.11 Å². The topological polar surface area (TPSA) is 111 Å². The van der Waals surface area contributed by atoms with E-state index in [0.29, 0.717) is 23.9 Å². The van der Waals surface area contributed by atoms with E-state index < -0.39 is 30.3 Å². The molecule has 9 nitrogen and oxygen atoms in total. The third kappa shape index (κ3) is 38.3. The van der Waals surface area contributed by atoms with Gasteiger partial charge in [0.15, 0.2) is 12.4 Å². The maximum Gasteiger partial charge on any atom is 0.310 e. The monoisotopic (exact) mass is 768 g/mol. The molecule has 9 heteroatoms. The molecule has 0 aliphatic heterocycles. The summed E-state index contributed by atoms with van der Waals surface area (Å²) in [7, 11) is 5.85. The second-order valence-electron chi connectivity index (χ2n) is 14.2. The van der Waals surface area contributed by atoms with Crippen molar-refractivity contribution >= 4 is 17.9 Å². The van der Waals surface area contributed by atoms with Crippen LogP contribution in [0.2, 0.25) is 0 Å². The fourth-order valence-corrected chi connectivity index (χ4v) is 4.74. The molecule has 0 aliphatic rings. The molecule has 2 atom stereocenters. The molecule has 0 amide bonds. The minimum atomic E-state index is -1.65. The Labute approximate surface area is 333 Å². The Morgan fingerprint density at radius 2 is 1.04 bits per heavy atom. The zero-order chi connectivity index (χ0) is 40.7. The Kier molecular flexibility index (Phi) is 34.6. The number of nitrogens with zero attached hydrogens (tertiary/aromatic N) is 1. The largest absolute Gasteiger partial charge is 0.545 e. The Hall–Kier alpha value is -3.79. The van der Waals surface area contributed by atoms with Gasteiger partial charge in [0.1, 0.15) is 13.2 Å². The van der Waals surface area contributed by atoms with Crippen LogP contribution in [0.5, 0.6) is 0 Å². The van der Waals surface area contributed by atoms with Gasteiger partial charge in [-0.15, -0.1) is 0 Å². The van der Waals surface area contributed by atoms with E-state index in [1.165, 1.54) is 0 Å². The number of quaternary nitrogens is 1. The third-order valence-corrected chi connectivity index (χ3v) is 7.86. The number of esters is 2. The van der Waals surface area contributed by atoms with Gasteiger partial charge in [-0.3, -0.25) is 9.59 Å². The highest BCUT2D eigenvalue weighted by atomic mass is 16.7. The van der Waals surface area contributed by atoms with Crippen molar-refractivity contribution in [2.24, 2.45) is 0 Å². The first kappa shape index (κ1) is 51.2. The molecule has 0 spiro atoms. The molecule has 0 fully saturated rings. The zero-order valence-electron chi connectivity index (χ0n) is 34.7. The number of carboxylic acid groups (broad SMARTS) is 1. The summed E-state index contributed by atoms with van der Waals surface area (Å²) in [5.41, 5.74) is 0. The summed E-state index contributed by atoms with van der Waals surface area (Å²) in [6, 6.07) is 0. The van der Waals surface area contributed by atoms with Crippen molar-refractivity contribution in [1.29, 1.82) is 0 Å². The quantitative estimate of drug-likeness (QED) is 0.0207. The van der Waals surface area contributed by atoms with Crippen molar-refractivity contribution in [2.75, 3.05) is 47.5 Å². The van der Waals surface area contributed by atoms with Crippen molar-refractivity contribution in [3.05, 3.63) is 97.2 Å². The molecule has 0 aromatic rings. The Balaban J connectivity index is 4.69. The summed E-state index contributed by atoms with van der Waals surface area (Å²) in [5, 5.41) is 11.7. The summed E-state index contributed by atoms with van der Waals surface area (Å²) < 4.78 is 22.3. The van der Waals surface area contributed by atoms with Gasteiger partial charge in [0.2, 0.25) is 0 Å². The lowest BCUT2D eigenvalue weighted by Gasteiger charge is -2.26. The maximum atomic E-state index is 12.6. The molecule has 310 valence electrons. The van der Waals surface area contributed by atoms with E-state index in [9.17, 15) is 19.5 Å². The average molecular weight is 768 g/mol. The lowest BCUT2D eigenvalue weighted by atomic mass is 10.1. The van der Waals surface area contributed by atoms with Gasteiger partial charge in [-0.05, 0) is 70.6 Å². The molecule has 0 aromatic carbocycles. The van der Waals surface area contributed by atoms with Crippen molar-refractivity contribution in [1.82, 2.24) is 0 Å². The number of aliphatic carboxylic acids is 1. The zero-order valence-corrected chi connectivity index (χ0v) is 34.7. The predicted molar refractivity (Wildman–Crippen MR) is 223 cm³/mol. The smallest absolute Gasteiger partial charge is 0.310 e. The SMILES string of the molecule is CC/C=C\C/C=C\C/C=C\C/C=C\C/C=C\CC(=O)OC(COC(=O)CCCCCCC/C=C\C/C=C\C/C=C\CC)COC(OCC[N+](C)(C)C)C(=O)[O-]. The molecular weight excluding hydrogens is 695 g/mol. The number of unbranched alkanes of at least 4 members (excludes halogenated alkanes) is 5. The fraction of sp³-hybridized carbons (Fsp3) is 0.587. The van der Waals surface area contributed by atoms with Crippen LogP contribution in [0.25, 0.3) is 0 Å². The van der Waals surface area contributed by atoms with E-state index >= 15 is 0 Å². The molecule has 0 bridgehead atoms. The fourth-order valence-electron chi connectivity index (χ4n) is 4.74. The first-order valence-electron chi connectivity index (χ1n) is 20.4. The number of likely N-dealkylation sites (N-methyl/N-ethyl adjacent to an activating group) is 1.